The summed E-state index contributed by atoms with van der Waals surface area (Å²) in [6, 6.07) is 6.00. The number of rotatable bonds is 6. The number of carbonyl (C=O) groups excluding carboxylic acids is 1. The molecule has 120 valence electrons. The average molecular weight is 305 g/mol. The van der Waals surface area contributed by atoms with E-state index in [0.717, 1.165) is 31.9 Å². The van der Waals surface area contributed by atoms with Crippen molar-refractivity contribution in [3.63, 3.8) is 0 Å². The Hall–Kier alpha value is -1.50. The molecule has 3 heterocycles. The maximum atomic E-state index is 11.7. The first-order chi connectivity index (χ1) is 10.7. The van der Waals surface area contributed by atoms with E-state index in [0.29, 0.717) is 19.1 Å². The number of aromatic nitrogens is 1. The van der Waals surface area contributed by atoms with Crippen LogP contribution in [-0.4, -0.2) is 62.4 Å². The van der Waals surface area contributed by atoms with Crippen molar-refractivity contribution in [1.82, 2.24) is 15.2 Å². The lowest BCUT2D eigenvalue weighted by atomic mass is 9.81. The molecule has 0 saturated carbocycles. The third-order valence-electron chi connectivity index (χ3n) is 4.62. The average Bonchev–Trinajstić information content (AvgIpc) is 3.03. The topological polar surface area (TPSA) is 63.7 Å². The van der Waals surface area contributed by atoms with Gasteiger partial charge in [-0.2, -0.15) is 0 Å². The number of pyridine rings is 1. The molecule has 1 amide bonds. The van der Waals surface area contributed by atoms with Gasteiger partial charge in [0.2, 0.25) is 5.91 Å². The van der Waals surface area contributed by atoms with E-state index in [1.165, 1.54) is 7.11 Å². The minimum Gasteiger partial charge on any atom is -0.380 e. The van der Waals surface area contributed by atoms with Crippen LogP contribution >= 0.6 is 0 Å². The van der Waals surface area contributed by atoms with Crippen molar-refractivity contribution in [1.29, 1.82) is 0 Å². The zero-order chi connectivity index (χ0) is 15.4. The van der Waals surface area contributed by atoms with Crippen molar-refractivity contribution < 1.29 is 14.3 Å². The highest BCUT2D eigenvalue weighted by molar-refractivity contribution is 5.77. The second kappa shape index (κ2) is 6.73. The van der Waals surface area contributed by atoms with Crippen LogP contribution < -0.4 is 5.32 Å². The van der Waals surface area contributed by atoms with Crippen molar-refractivity contribution in [2.24, 2.45) is 11.3 Å². The molecule has 1 aromatic rings. The lowest BCUT2D eigenvalue weighted by molar-refractivity contribution is -0.125. The monoisotopic (exact) mass is 305 g/mol. The standard InChI is InChI=1S/C16H23N3O3/c1-21-9-15(20)18-10-16-11-19(6-13(16)8-22-12-16)7-14-4-2-3-5-17-14/h2-5,13H,6-12H2,1H3,(H,18,20)/t13-,16+/m0/s1. The fraction of sp³-hybridized carbons (Fsp3) is 0.625. The normalized spacial score (nSPS) is 27.8. The number of amides is 1. The van der Waals surface area contributed by atoms with Gasteiger partial charge >= 0.3 is 0 Å². The summed E-state index contributed by atoms with van der Waals surface area (Å²) in [5, 5.41) is 2.99. The van der Waals surface area contributed by atoms with Gasteiger partial charge in [0.25, 0.3) is 0 Å². The Kier molecular flexibility index (Phi) is 4.71. The third-order valence-corrected chi connectivity index (χ3v) is 4.62. The number of hydrogen-bond donors (Lipinski definition) is 1. The largest absolute Gasteiger partial charge is 0.380 e. The van der Waals surface area contributed by atoms with Crippen LogP contribution in [0, 0.1) is 11.3 Å². The lowest BCUT2D eigenvalue weighted by Crippen LogP contribution is -2.44. The zero-order valence-corrected chi connectivity index (χ0v) is 13.0. The molecule has 6 nitrogen and oxygen atoms in total. The predicted molar refractivity (Wildman–Crippen MR) is 81.1 cm³/mol. The quantitative estimate of drug-likeness (QED) is 0.818. The van der Waals surface area contributed by atoms with E-state index < -0.39 is 0 Å². The first-order valence-electron chi connectivity index (χ1n) is 7.67. The Morgan fingerprint density at radius 1 is 1.59 bits per heavy atom. The van der Waals surface area contributed by atoms with E-state index in [2.05, 4.69) is 21.3 Å². The first kappa shape index (κ1) is 15.4. The molecule has 0 aliphatic carbocycles. The van der Waals surface area contributed by atoms with Crippen LogP contribution in [0.3, 0.4) is 0 Å². The number of nitrogens with zero attached hydrogens (tertiary/aromatic N) is 2. The van der Waals surface area contributed by atoms with Crippen LogP contribution in [-0.2, 0) is 20.8 Å². The van der Waals surface area contributed by atoms with E-state index in [1.807, 2.05) is 18.3 Å². The van der Waals surface area contributed by atoms with Gasteiger partial charge in [0.1, 0.15) is 6.61 Å². The smallest absolute Gasteiger partial charge is 0.246 e. The highest BCUT2D eigenvalue weighted by Gasteiger charge is 2.50. The molecule has 0 bridgehead atoms. The Morgan fingerprint density at radius 2 is 2.50 bits per heavy atom. The van der Waals surface area contributed by atoms with Crippen molar-refractivity contribution >= 4 is 5.91 Å². The van der Waals surface area contributed by atoms with Gasteiger partial charge in [0, 0.05) is 50.8 Å². The molecule has 2 atom stereocenters. The number of nitrogens with one attached hydrogen (secondary N) is 1. The minimum atomic E-state index is -0.0642. The molecule has 2 aliphatic rings. The van der Waals surface area contributed by atoms with Crippen LogP contribution in [0.15, 0.2) is 24.4 Å². The van der Waals surface area contributed by atoms with E-state index in [9.17, 15) is 4.79 Å². The summed E-state index contributed by atoms with van der Waals surface area (Å²) in [6.45, 7) is 5.03. The molecule has 2 aliphatic heterocycles. The minimum absolute atomic E-state index is 0.0260. The van der Waals surface area contributed by atoms with E-state index in [4.69, 9.17) is 9.47 Å². The first-order valence-corrected chi connectivity index (χ1v) is 7.67. The van der Waals surface area contributed by atoms with Crippen LogP contribution in [0.1, 0.15) is 5.69 Å². The predicted octanol–water partition coefficient (Wildman–Crippen LogP) is 0.293. The summed E-state index contributed by atoms with van der Waals surface area (Å²) < 4.78 is 10.5. The van der Waals surface area contributed by atoms with E-state index in [-0.39, 0.29) is 17.9 Å². The van der Waals surface area contributed by atoms with Gasteiger partial charge in [-0.25, -0.2) is 0 Å². The number of methoxy groups -OCH3 is 1. The number of ether oxygens (including phenoxy) is 2. The van der Waals surface area contributed by atoms with Gasteiger partial charge in [0.15, 0.2) is 0 Å². The molecule has 2 fully saturated rings. The molecule has 0 spiro atoms. The second-order valence-corrected chi connectivity index (χ2v) is 6.27. The van der Waals surface area contributed by atoms with Crippen molar-refractivity contribution in [3.05, 3.63) is 30.1 Å². The fourth-order valence-corrected chi connectivity index (χ4v) is 3.49. The van der Waals surface area contributed by atoms with Gasteiger partial charge < -0.3 is 14.8 Å². The Morgan fingerprint density at radius 3 is 3.27 bits per heavy atom. The van der Waals surface area contributed by atoms with Gasteiger partial charge in [0.05, 0.1) is 18.9 Å². The summed E-state index contributed by atoms with van der Waals surface area (Å²) in [4.78, 5) is 18.5. The second-order valence-electron chi connectivity index (χ2n) is 6.27. The molecule has 3 rings (SSSR count). The van der Waals surface area contributed by atoms with Crippen molar-refractivity contribution in [2.75, 3.05) is 46.6 Å². The van der Waals surface area contributed by atoms with E-state index >= 15 is 0 Å². The molecule has 0 radical (unpaired) electrons. The number of likely N-dealkylation sites (tertiary alicyclic amines) is 1. The third kappa shape index (κ3) is 3.29. The number of hydrogen-bond acceptors (Lipinski definition) is 5. The van der Waals surface area contributed by atoms with Gasteiger partial charge in [-0.15, -0.1) is 0 Å². The van der Waals surface area contributed by atoms with Crippen molar-refractivity contribution in [3.8, 4) is 0 Å². The van der Waals surface area contributed by atoms with Gasteiger partial charge in [-0.3, -0.25) is 14.7 Å². The molecule has 22 heavy (non-hydrogen) atoms. The summed E-state index contributed by atoms with van der Waals surface area (Å²) >= 11 is 0. The highest BCUT2D eigenvalue weighted by atomic mass is 16.5. The lowest BCUT2D eigenvalue weighted by Gasteiger charge is -2.27. The molecular formula is C16H23N3O3. The number of carbonyl (C=O) groups is 1. The summed E-state index contributed by atoms with van der Waals surface area (Å²) in [6.07, 6.45) is 1.83. The van der Waals surface area contributed by atoms with Gasteiger partial charge in [-0.1, -0.05) is 6.07 Å². The molecule has 6 heteroatoms. The fourth-order valence-electron chi connectivity index (χ4n) is 3.49. The van der Waals surface area contributed by atoms with Crippen molar-refractivity contribution in [2.45, 2.75) is 6.54 Å². The van der Waals surface area contributed by atoms with E-state index in [1.54, 1.807) is 0 Å². The summed E-state index contributed by atoms with van der Waals surface area (Å²) in [7, 11) is 1.53. The van der Waals surface area contributed by atoms with Gasteiger partial charge in [-0.05, 0) is 12.1 Å². The molecule has 1 aromatic heterocycles. The molecule has 0 unspecified atom stereocenters. The highest BCUT2D eigenvalue weighted by Crippen LogP contribution is 2.41. The number of fused-ring (bicyclic) bond motifs is 1. The summed E-state index contributed by atoms with van der Waals surface area (Å²) in [5.74, 6) is 0.407. The molecule has 2 saturated heterocycles. The van der Waals surface area contributed by atoms with Crippen LogP contribution in [0.5, 0.6) is 0 Å². The maximum absolute atomic E-state index is 11.7. The zero-order valence-electron chi connectivity index (χ0n) is 13.0. The maximum Gasteiger partial charge on any atom is 0.246 e. The van der Waals surface area contributed by atoms with Crippen LogP contribution in [0.4, 0.5) is 0 Å². The molecular weight excluding hydrogens is 282 g/mol. The Bertz CT molecular complexity index is 511. The Balaban J connectivity index is 1.60. The van der Waals surface area contributed by atoms with Crippen LogP contribution in [0.25, 0.3) is 0 Å². The Labute approximate surface area is 130 Å². The molecule has 0 aromatic carbocycles. The summed E-state index contributed by atoms with van der Waals surface area (Å²) in [5.41, 5.74) is 1.11. The molecule has 1 N–H and O–H groups in total. The van der Waals surface area contributed by atoms with Crippen LogP contribution in [0.2, 0.25) is 0 Å². The SMILES string of the molecule is COCC(=O)NC[C@@]12COC[C@@H]1CN(Cc1ccccn1)C2.